The average molecular weight is 360 g/mol. The number of fused-ring (bicyclic) bond motifs is 1. The van der Waals surface area contributed by atoms with Crippen molar-refractivity contribution in [1.82, 2.24) is 10.3 Å². The molecule has 3 nitrogen and oxygen atoms in total. The van der Waals surface area contributed by atoms with Gasteiger partial charge in [-0.05, 0) is 49.6 Å². The number of nitrogens with zero attached hydrogens (tertiary/aromatic N) is 1. The first-order chi connectivity index (χ1) is 12.0. The Labute approximate surface area is 148 Å². The molecule has 0 bridgehead atoms. The summed E-state index contributed by atoms with van der Waals surface area (Å²) in [5.74, 6) is -1.91. The molecule has 0 aliphatic heterocycles. The molecule has 3 aromatic rings. The van der Waals surface area contributed by atoms with Crippen LogP contribution in [0.5, 0.6) is 0 Å². The number of nitrogens with one attached hydrogen (secondary N) is 1. The van der Waals surface area contributed by atoms with E-state index in [-0.39, 0.29) is 11.9 Å². The van der Waals surface area contributed by atoms with Gasteiger partial charge in [0, 0.05) is 6.42 Å². The molecule has 0 spiro atoms. The van der Waals surface area contributed by atoms with Crippen molar-refractivity contribution in [3.05, 3.63) is 64.7 Å². The molecule has 2 aromatic carbocycles. The highest BCUT2D eigenvalue weighted by Crippen LogP contribution is 2.23. The third-order valence-corrected chi connectivity index (χ3v) is 5.05. The summed E-state index contributed by atoms with van der Waals surface area (Å²) in [5.41, 5.74) is 1.53. The number of benzene rings is 2. The first-order valence-corrected chi connectivity index (χ1v) is 8.93. The van der Waals surface area contributed by atoms with E-state index in [2.05, 4.69) is 10.3 Å². The molecule has 3 rings (SSSR count). The monoisotopic (exact) mass is 360 g/mol. The molecule has 1 unspecified atom stereocenters. The van der Waals surface area contributed by atoms with E-state index in [0.717, 1.165) is 33.8 Å². The number of aromatic nitrogens is 1. The first-order valence-electron chi connectivity index (χ1n) is 8.11. The lowest BCUT2D eigenvalue weighted by Crippen LogP contribution is -2.26. The molecule has 0 saturated heterocycles. The largest absolute Gasteiger partial charge is 0.350 e. The fraction of sp³-hybridized carbons (Fsp3) is 0.263. The van der Waals surface area contributed by atoms with Crippen molar-refractivity contribution in [2.45, 2.75) is 32.2 Å². The highest BCUT2D eigenvalue weighted by molar-refractivity contribution is 7.18. The van der Waals surface area contributed by atoms with Crippen molar-refractivity contribution in [2.75, 3.05) is 0 Å². The SMILES string of the molecule is CC(NC(=O)CCCc1nc2ccccc2s1)c1ccc(F)c(F)c1. The van der Waals surface area contributed by atoms with Crippen LogP contribution < -0.4 is 5.32 Å². The molecule has 0 radical (unpaired) electrons. The molecule has 0 aliphatic rings. The van der Waals surface area contributed by atoms with Gasteiger partial charge in [-0.3, -0.25) is 4.79 Å². The van der Waals surface area contributed by atoms with Crippen molar-refractivity contribution in [2.24, 2.45) is 0 Å². The number of hydrogen-bond donors (Lipinski definition) is 1. The van der Waals surface area contributed by atoms with Crippen LogP contribution >= 0.6 is 11.3 Å². The molecule has 0 aliphatic carbocycles. The van der Waals surface area contributed by atoms with Crippen LogP contribution in [0.2, 0.25) is 0 Å². The van der Waals surface area contributed by atoms with Gasteiger partial charge < -0.3 is 5.32 Å². The van der Waals surface area contributed by atoms with E-state index in [4.69, 9.17) is 0 Å². The number of carbonyl (C=O) groups excluding carboxylic acids is 1. The van der Waals surface area contributed by atoms with E-state index in [9.17, 15) is 13.6 Å². The van der Waals surface area contributed by atoms with Gasteiger partial charge in [-0.1, -0.05) is 18.2 Å². The van der Waals surface area contributed by atoms with Crippen LogP contribution in [0, 0.1) is 11.6 Å². The third-order valence-electron chi connectivity index (χ3n) is 3.95. The smallest absolute Gasteiger partial charge is 0.220 e. The highest BCUT2D eigenvalue weighted by atomic mass is 32.1. The number of carbonyl (C=O) groups is 1. The Kier molecular flexibility index (Phi) is 5.38. The van der Waals surface area contributed by atoms with Crippen molar-refractivity contribution in [3.63, 3.8) is 0 Å². The molecule has 0 saturated carbocycles. The van der Waals surface area contributed by atoms with Gasteiger partial charge in [0.05, 0.1) is 21.3 Å². The maximum Gasteiger partial charge on any atom is 0.220 e. The second-order valence-electron chi connectivity index (χ2n) is 5.89. The molecule has 1 N–H and O–H groups in total. The zero-order valence-corrected chi connectivity index (χ0v) is 14.6. The van der Waals surface area contributed by atoms with Gasteiger partial charge in [0.1, 0.15) is 0 Å². The quantitative estimate of drug-likeness (QED) is 0.688. The van der Waals surface area contributed by atoms with E-state index in [1.807, 2.05) is 24.3 Å². The Hall–Kier alpha value is -2.34. The Balaban J connectivity index is 1.49. The maximum absolute atomic E-state index is 13.3. The fourth-order valence-electron chi connectivity index (χ4n) is 2.61. The minimum atomic E-state index is -0.908. The number of aryl methyl sites for hydroxylation is 1. The Morgan fingerprint density at radius 1 is 1.20 bits per heavy atom. The zero-order valence-electron chi connectivity index (χ0n) is 13.8. The van der Waals surface area contributed by atoms with Crippen molar-refractivity contribution in [3.8, 4) is 0 Å². The van der Waals surface area contributed by atoms with E-state index < -0.39 is 11.6 Å². The molecular weight excluding hydrogens is 342 g/mol. The van der Waals surface area contributed by atoms with Gasteiger partial charge in [-0.25, -0.2) is 13.8 Å². The summed E-state index contributed by atoms with van der Waals surface area (Å²) in [6, 6.07) is 11.2. The van der Waals surface area contributed by atoms with Crippen molar-refractivity contribution < 1.29 is 13.6 Å². The lowest BCUT2D eigenvalue weighted by molar-refractivity contribution is -0.121. The van der Waals surface area contributed by atoms with E-state index in [1.165, 1.54) is 6.07 Å². The van der Waals surface area contributed by atoms with Gasteiger partial charge in [-0.2, -0.15) is 0 Å². The van der Waals surface area contributed by atoms with E-state index in [0.29, 0.717) is 18.4 Å². The number of halogens is 2. The van der Waals surface area contributed by atoms with Crippen LogP contribution in [0.25, 0.3) is 10.2 Å². The summed E-state index contributed by atoms with van der Waals surface area (Å²) in [6.07, 6.45) is 1.80. The van der Waals surface area contributed by atoms with Crippen LogP contribution in [-0.2, 0) is 11.2 Å². The summed E-state index contributed by atoms with van der Waals surface area (Å²) in [5, 5.41) is 3.83. The van der Waals surface area contributed by atoms with Gasteiger partial charge in [-0.15, -0.1) is 11.3 Å². The molecule has 25 heavy (non-hydrogen) atoms. The number of amides is 1. The topological polar surface area (TPSA) is 42.0 Å². The Bertz CT molecular complexity index is 861. The maximum atomic E-state index is 13.3. The lowest BCUT2D eigenvalue weighted by atomic mass is 10.1. The Morgan fingerprint density at radius 2 is 2.00 bits per heavy atom. The third kappa shape index (κ3) is 4.39. The zero-order chi connectivity index (χ0) is 17.8. The van der Waals surface area contributed by atoms with Crippen LogP contribution in [-0.4, -0.2) is 10.9 Å². The lowest BCUT2D eigenvalue weighted by Gasteiger charge is -2.14. The van der Waals surface area contributed by atoms with Crippen LogP contribution in [0.3, 0.4) is 0 Å². The summed E-state index contributed by atoms with van der Waals surface area (Å²) >= 11 is 1.64. The molecule has 6 heteroatoms. The summed E-state index contributed by atoms with van der Waals surface area (Å²) < 4.78 is 27.4. The summed E-state index contributed by atoms with van der Waals surface area (Å²) in [6.45, 7) is 1.75. The second kappa shape index (κ2) is 7.70. The normalized spacial score (nSPS) is 12.3. The Morgan fingerprint density at radius 3 is 2.76 bits per heavy atom. The highest BCUT2D eigenvalue weighted by Gasteiger charge is 2.12. The van der Waals surface area contributed by atoms with E-state index in [1.54, 1.807) is 18.3 Å². The minimum absolute atomic E-state index is 0.113. The van der Waals surface area contributed by atoms with Gasteiger partial charge >= 0.3 is 0 Å². The molecular formula is C19H18F2N2OS. The molecule has 1 amide bonds. The molecule has 1 aromatic heterocycles. The van der Waals surface area contributed by atoms with Gasteiger partial charge in [0.2, 0.25) is 5.91 Å². The van der Waals surface area contributed by atoms with Crippen molar-refractivity contribution in [1.29, 1.82) is 0 Å². The van der Waals surface area contributed by atoms with Gasteiger partial charge in [0.15, 0.2) is 11.6 Å². The number of para-hydroxylation sites is 1. The predicted octanol–water partition coefficient (Wildman–Crippen LogP) is 4.77. The van der Waals surface area contributed by atoms with E-state index >= 15 is 0 Å². The number of rotatable bonds is 6. The standard InChI is InChI=1S/C19H18F2N2OS/c1-12(13-9-10-14(20)15(21)11-13)22-18(24)7-4-8-19-23-16-5-2-3-6-17(16)25-19/h2-3,5-6,9-12H,4,7-8H2,1H3,(H,22,24). The first kappa shape index (κ1) is 17.5. The van der Waals surface area contributed by atoms with Crippen LogP contribution in [0.4, 0.5) is 8.78 Å². The summed E-state index contributed by atoms with van der Waals surface area (Å²) in [4.78, 5) is 16.6. The number of thiazole rings is 1. The fourth-order valence-corrected chi connectivity index (χ4v) is 3.61. The van der Waals surface area contributed by atoms with Crippen molar-refractivity contribution >= 4 is 27.5 Å². The number of hydrogen-bond acceptors (Lipinski definition) is 3. The van der Waals surface area contributed by atoms with Crippen LogP contribution in [0.1, 0.15) is 36.4 Å². The molecule has 1 heterocycles. The molecule has 0 fully saturated rings. The summed E-state index contributed by atoms with van der Waals surface area (Å²) in [7, 11) is 0. The second-order valence-corrected chi connectivity index (χ2v) is 7.01. The van der Waals surface area contributed by atoms with Gasteiger partial charge in [0.25, 0.3) is 0 Å². The average Bonchev–Trinajstić information content (AvgIpc) is 3.00. The molecule has 1 atom stereocenters. The van der Waals surface area contributed by atoms with Crippen LogP contribution in [0.15, 0.2) is 42.5 Å². The predicted molar refractivity (Wildman–Crippen MR) is 95.5 cm³/mol. The minimum Gasteiger partial charge on any atom is -0.350 e. The molecule has 130 valence electrons.